The zero-order valence-corrected chi connectivity index (χ0v) is 53.6. The highest BCUT2D eigenvalue weighted by molar-refractivity contribution is 5.71. The van der Waals surface area contributed by atoms with Gasteiger partial charge in [-0.15, -0.1) is 0 Å². The highest BCUT2D eigenvalue weighted by Gasteiger charge is 2.19. The summed E-state index contributed by atoms with van der Waals surface area (Å²) in [6, 6.07) is 0. The molecule has 80 heavy (non-hydrogen) atoms. The molecule has 1 atom stereocenters. The molecule has 0 heterocycles. The van der Waals surface area contributed by atoms with Crippen LogP contribution in [0.25, 0.3) is 0 Å². The average molecular weight is 1120 g/mol. The molecule has 0 amide bonds. The Bertz CT molecular complexity index is 1430. The first-order valence-corrected chi connectivity index (χ1v) is 35.3. The lowest BCUT2D eigenvalue weighted by Gasteiger charge is -2.18. The summed E-state index contributed by atoms with van der Waals surface area (Å²) in [7, 11) is 0. The number of carbonyl (C=O) groups excluding carboxylic acids is 3. The summed E-state index contributed by atoms with van der Waals surface area (Å²) in [6.07, 6.45) is 88.1. The topological polar surface area (TPSA) is 78.9 Å². The highest BCUT2D eigenvalue weighted by Crippen LogP contribution is 2.18. The van der Waals surface area contributed by atoms with Gasteiger partial charge in [-0.05, 0) is 64.2 Å². The maximum Gasteiger partial charge on any atom is 0.306 e. The van der Waals surface area contributed by atoms with E-state index in [1.807, 2.05) is 0 Å². The fourth-order valence-corrected chi connectivity index (χ4v) is 10.5. The number of unbranched alkanes of at least 4 members (excludes halogenated alkanes) is 44. The number of esters is 3. The summed E-state index contributed by atoms with van der Waals surface area (Å²) in [5.74, 6) is -0.840. The molecule has 0 aliphatic carbocycles. The lowest BCUT2D eigenvalue weighted by atomic mass is 10.0. The normalized spacial score (nSPS) is 12.4. The molecular weight excluding hydrogens is 985 g/mol. The molecule has 0 aromatic heterocycles. The van der Waals surface area contributed by atoms with Crippen molar-refractivity contribution in [2.24, 2.45) is 0 Å². The second kappa shape index (κ2) is 68.6. The van der Waals surface area contributed by atoms with Gasteiger partial charge >= 0.3 is 17.9 Å². The molecule has 0 aliphatic heterocycles. The second-order valence-electron chi connectivity index (χ2n) is 23.8. The van der Waals surface area contributed by atoms with Gasteiger partial charge in [-0.2, -0.15) is 0 Å². The van der Waals surface area contributed by atoms with E-state index in [4.69, 9.17) is 14.2 Å². The van der Waals surface area contributed by atoms with Crippen molar-refractivity contribution in [2.75, 3.05) is 13.2 Å². The Labute approximate surface area is 498 Å². The standard InChI is InChI=1S/C74H134O6/c1-4-7-10-13-16-19-22-25-28-31-32-33-34-35-36-37-38-39-40-41-42-44-46-49-52-55-58-61-64-67-73(76)79-70-71(69-78-72(75)66-63-60-57-54-51-48-45-30-27-24-21-18-15-12-9-6-3)80-74(77)68-65-62-59-56-53-50-47-43-29-26-23-20-17-14-11-8-5-2/h7,10,16,19,25,28,32-33,35-36,71H,4-6,8-9,11-15,17-18,20-24,26-27,29-31,34,37-70H2,1-3H3/b10-7-,19-16-,28-25-,33-32-,36-35-. The van der Waals surface area contributed by atoms with Gasteiger partial charge in [0.1, 0.15) is 13.2 Å². The van der Waals surface area contributed by atoms with Crippen LogP contribution in [0.2, 0.25) is 0 Å². The van der Waals surface area contributed by atoms with E-state index in [0.717, 1.165) is 89.9 Å². The van der Waals surface area contributed by atoms with Gasteiger partial charge < -0.3 is 14.2 Å². The van der Waals surface area contributed by atoms with Gasteiger partial charge in [0, 0.05) is 19.3 Å². The Kier molecular flexibility index (Phi) is 66.1. The van der Waals surface area contributed by atoms with Gasteiger partial charge in [-0.3, -0.25) is 14.4 Å². The zero-order chi connectivity index (χ0) is 57.8. The molecule has 0 rings (SSSR count). The monoisotopic (exact) mass is 1120 g/mol. The first-order chi connectivity index (χ1) is 39.5. The van der Waals surface area contributed by atoms with E-state index in [-0.39, 0.29) is 31.1 Å². The third-order valence-corrected chi connectivity index (χ3v) is 15.8. The third-order valence-electron chi connectivity index (χ3n) is 15.8. The first kappa shape index (κ1) is 77.1. The van der Waals surface area contributed by atoms with E-state index in [0.29, 0.717) is 19.3 Å². The van der Waals surface area contributed by atoms with Gasteiger partial charge in [0.25, 0.3) is 0 Å². The van der Waals surface area contributed by atoms with Crippen molar-refractivity contribution in [3.8, 4) is 0 Å². The molecule has 0 saturated heterocycles. The summed E-state index contributed by atoms with van der Waals surface area (Å²) in [5, 5.41) is 0. The predicted molar refractivity (Wildman–Crippen MR) is 348 cm³/mol. The molecule has 0 aliphatic rings. The van der Waals surface area contributed by atoms with Crippen molar-refractivity contribution in [3.05, 3.63) is 60.8 Å². The number of allylic oxidation sites excluding steroid dienone is 10. The summed E-state index contributed by atoms with van der Waals surface area (Å²) in [5.41, 5.74) is 0. The van der Waals surface area contributed by atoms with Crippen molar-refractivity contribution >= 4 is 17.9 Å². The molecule has 1 unspecified atom stereocenters. The Morgan fingerprint density at radius 1 is 0.263 bits per heavy atom. The number of rotatable bonds is 65. The molecule has 0 fully saturated rings. The fraction of sp³-hybridized carbons (Fsp3) is 0.824. The Morgan fingerprint density at radius 3 is 0.762 bits per heavy atom. The number of hydrogen-bond donors (Lipinski definition) is 0. The van der Waals surface area contributed by atoms with Crippen LogP contribution >= 0.6 is 0 Å². The van der Waals surface area contributed by atoms with Crippen molar-refractivity contribution in [2.45, 2.75) is 380 Å². The first-order valence-electron chi connectivity index (χ1n) is 35.3. The summed E-state index contributed by atoms with van der Waals surface area (Å²) < 4.78 is 17.0. The van der Waals surface area contributed by atoms with E-state index in [1.54, 1.807) is 0 Å². The minimum atomic E-state index is -0.771. The number of hydrogen-bond acceptors (Lipinski definition) is 6. The van der Waals surface area contributed by atoms with Crippen LogP contribution in [0, 0.1) is 0 Å². The summed E-state index contributed by atoms with van der Waals surface area (Å²) >= 11 is 0. The van der Waals surface area contributed by atoms with Crippen LogP contribution < -0.4 is 0 Å². The van der Waals surface area contributed by atoms with Crippen LogP contribution in [0.5, 0.6) is 0 Å². The lowest BCUT2D eigenvalue weighted by Crippen LogP contribution is -2.30. The van der Waals surface area contributed by atoms with Crippen molar-refractivity contribution in [1.29, 1.82) is 0 Å². The SMILES string of the molecule is CC/C=C\C/C=C\C/C=C\C/C=C\C/C=C\CCCCCCCCCCCCCCCC(=O)OCC(COC(=O)CCCCCCCCCCCCCCCCCC)OC(=O)CCCCCCCCCCCCCCCCCCC. The van der Waals surface area contributed by atoms with Crippen LogP contribution in [0.15, 0.2) is 60.8 Å². The fourth-order valence-electron chi connectivity index (χ4n) is 10.5. The Hall–Kier alpha value is -2.89. The molecule has 0 saturated carbocycles. The van der Waals surface area contributed by atoms with Crippen LogP contribution in [-0.4, -0.2) is 37.2 Å². The lowest BCUT2D eigenvalue weighted by molar-refractivity contribution is -0.167. The van der Waals surface area contributed by atoms with E-state index in [1.165, 1.54) is 244 Å². The van der Waals surface area contributed by atoms with E-state index < -0.39 is 6.10 Å². The zero-order valence-electron chi connectivity index (χ0n) is 53.6. The second-order valence-corrected chi connectivity index (χ2v) is 23.8. The maximum absolute atomic E-state index is 12.9. The highest BCUT2D eigenvalue weighted by atomic mass is 16.6. The molecule has 0 bridgehead atoms. The molecule has 0 N–H and O–H groups in total. The van der Waals surface area contributed by atoms with E-state index in [2.05, 4.69) is 81.5 Å². The van der Waals surface area contributed by atoms with E-state index >= 15 is 0 Å². The largest absolute Gasteiger partial charge is 0.462 e. The molecule has 466 valence electrons. The van der Waals surface area contributed by atoms with Gasteiger partial charge in [0.05, 0.1) is 0 Å². The Morgan fingerprint density at radius 2 is 0.487 bits per heavy atom. The molecular formula is C74H134O6. The quantitative estimate of drug-likeness (QED) is 0.0261. The predicted octanol–water partition coefficient (Wildman–Crippen LogP) is 24.3. The van der Waals surface area contributed by atoms with Crippen LogP contribution in [0.4, 0.5) is 0 Å². The van der Waals surface area contributed by atoms with Gasteiger partial charge in [-0.1, -0.05) is 351 Å². The molecule has 0 aromatic rings. The molecule has 0 radical (unpaired) electrons. The van der Waals surface area contributed by atoms with Gasteiger partial charge in [0.15, 0.2) is 6.10 Å². The minimum Gasteiger partial charge on any atom is -0.462 e. The van der Waals surface area contributed by atoms with Crippen molar-refractivity contribution in [3.63, 3.8) is 0 Å². The minimum absolute atomic E-state index is 0.0673. The number of ether oxygens (including phenoxy) is 3. The smallest absolute Gasteiger partial charge is 0.306 e. The average Bonchev–Trinajstić information content (AvgIpc) is 3.46. The molecule has 6 heteroatoms. The summed E-state index contributed by atoms with van der Waals surface area (Å²) in [6.45, 7) is 6.60. The molecule has 0 spiro atoms. The third kappa shape index (κ3) is 65.9. The van der Waals surface area contributed by atoms with Crippen molar-refractivity contribution in [1.82, 2.24) is 0 Å². The molecule has 6 nitrogen and oxygen atoms in total. The Balaban J connectivity index is 4.24. The van der Waals surface area contributed by atoms with Crippen molar-refractivity contribution < 1.29 is 28.6 Å². The van der Waals surface area contributed by atoms with E-state index in [9.17, 15) is 14.4 Å². The van der Waals surface area contributed by atoms with Crippen LogP contribution in [-0.2, 0) is 28.6 Å². The number of carbonyl (C=O) groups is 3. The van der Waals surface area contributed by atoms with Gasteiger partial charge in [-0.25, -0.2) is 0 Å². The maximum atomic E-state index is 12.9. The summed E-state index contributed by atoms with van der Waals surface area (Å²) in [4.78, 5) is 38.4. The van der Waals surface area contributed by atoms with Crippen LogP contribution in [0.3, 0.4) is 0 Å². The van der Waals surface area contributed by atoms with Gasteiger partial charge in [0.2, 0.25) is 0 Å². The van der Waals surface area contributed by atoms with Crippen LogP contribution in [0.1, 0.15) is 374 Å². The molecule has 0 aromatic carbocycles.